The van der Waals surface area contributed by atoms with Gasteiger partial charge in [-0.05, 0) is 31.2 Å². The number of nitrogens with zero attached hydrogens (tertiary/aromatic N) is 1. The minimum Gasteiger partial charge on any atom is -0.338 e. The van der Waals surface area contributed by atoms with Crippen LogP contribution < -0.4 is 5.73 Å². The maximum absolute atomic E-state index is 12.3. The molecule has 1 atom stereocenters. The van der Waals surface area contributed by atoms with Gasteiger partial charge in [-0.1, -0.05) is 36.8 Å². The van der Waals surface area contributed by atoms with Gasteiger partial charge in [0.15, 0.2) is 0 Å². The summed E-state index contributed by atoms with van der Waals surface area (Å²) in [4.78, 5) is 14.3. The predicted molar refractivity (Wildman–Crippen MR) is 77.5 cm³/mol. The van der Waals surface area contributed by atoms with Gasteiger partial charge < -0.3 is 10.6 Å². The van der Waals surface area contributed by atoms with Crippen molar-refractivity contribution in [3.05, 3.63) is 35.9 Å². The third kappa shape index (κ3) is 4.35. The van der Waals surface area contributed by atoms with Crippen LogP contribution in [0.2, 0.25) is 0 Å². The second kappa shape index (κ2) is 6.71. The molecule has 0 spiro atoms. The molecule has 104 valence electrons. The van der Waals surface area contributed by atoms with Crippen LogP contribution in [0.1, 0.15) is 38.2 Å². The van der Waals surface area contributed by atoms with Crippen molar-refractivity contribution < 1.29 is 4.79 Å². The molecular formula is C16H24N2O. The van der Waals surface area contributed by atoms with E-state index in [-0.39, 0.29) is 11.9 Å². The van der Waals surface area contributed by atoms with Crippen LogP contribution >= 0.6 is 0 Å². The molecule has 0 saturated heterocycles. The summed E-state index contributed by atoms with van der Waals surface area (Å²) >= 11 is 0. The summed E-state index contributed by atoms with van der Waals surface area (Å²) in [7, 11) is 0. The molecule has 1 aromatic carbocycles. The maximum atomic E-state index is 12.3. The fraction of sp³-hybridized carbons (Fsp3) is 0.562. The summed E-state index contributed by atoms with van der Waals surface area (Å²) in [6.45, 7) is 3.49. The van der Waals surface area contributed by atoms with Gasteiger partial charge in [-0.15, -0.1) is 0 Å². The van der Waals surface area contributed by atoms with Gasteiger partial charge in [0, 0.05) is 25.6 Å². The summed E-state index contributed by atoms with van der Waals surface area (Å²) in [5, 5.41) is 0. The Kier molecular flexibility index (Phi) is 4.97. The molecule has 0 heterocycles. The zero-order valence-corrected chi connectivity index (χ0v) is 11.7. The molecule has 2 rings (SSSR count). The van der Waals surface area contributed by atoms with Gasteiger partial charge in [0.2, 0.25) is 5.91 Å². The first-order valence-electron chi connectivity index (χ1n) is 7.22. The van der Waals surface area contributed by atoms with Crippen molar-refractivity contribution in [3.8, 4) is 0 Å². The molecule has 0 radical (unpaired) electrons. The lowest BCUT2D eigenvalue weighted by Crippen LogP contribution is -2.39. The van der Waals surface area contributed by atoms with Crippen molar-refractivity contribution in [2.24, 2.45) is 11.7 Å². The van der Waals surface area contributed by atoms with E-state index < -0.39 is 0 Å². The van der Waals surface area contributed by atoms with Gasteiger partial charge >= 0.3 is 0 Å². The minimum atomic E-state index is -0.0628. The van der Waals surface area contributed by atoms with Crippen LogP contribution in [0.15, 0.2) is 30.3 Å². The largest absolute Gasteiger partial charge is 0.338 e. The number of rotatable bonds is 6. The molecule has 1 amide bonds. The summed E-state index contributed by atoms with van der Waals surface area (Å²) in [6.07, 6.45) is 4.28. The monoisotopic (exact) mass is 260 g/mol. The molecule has 3 nitrogen and oxygen atoms in total. The second-order valence-electron chi connectivity index (χ2n) is 5.74. The molecule has 19 heavy (non-hydrogen) atoms. The van der Waals surface area contributed by atoms with Crippen LogP contribution in [0, 0.1) is 5.92 Å². The van der Waals surface area contributed by atoms with Gasteiger partial charge in [0.25, 0.3) is 0 Å². The molecule has 2 N–H and O–H groups in total. The molecule has 3 heteroatoms. The zero-order valence-electron chi connectivity index (χ0n) is 11.7. The molecular weight excluding hydrogens is 236 g/mol. The third-order valence-electron chi connectivity index (χ3n) is 3.77. The Labute approximate surface area is 115 Å². The van der Waals surface area contributed by atoms with Crippen LogP contribution in [0.5, 0.6) is 0 Å². The van der Waals surface area contributed by atoms with E-state index in [4.69, 9.17) is 5.73 Å². The Morgan fingerprint density at radius 3 is 2.58 bits per heavy atom. The highest BCUT2D eigenvalue weighted by atomic mass is 16.2. The van der Waals surface area contributed by atoms with Crippen molar-refractivity contribution in [2.75, 3.05) is 6.54 Å². The first kappa shape index (κ1) is 14.1. The number of amides is 1. The smallest absolute Gasteiger partial charge is 0.224 e. The minimum absolute atomic E-state index is 0.0628. The van der Waals surface area contributed by atoms with E-state index in [1.165, 1.54) is 24.8 Å². The molecule has 0 aromatic heterocycles. The summed E-state index contributed by atoms with van der Waals surface area (Å²) in [5.74, 6) is 0.881. The Balaban J connectivity index is 1.98. The Morgan fingerprint density at radius 1 is 1.37 bits per heavy atom. The van der Waals surface area contributed by atoms with Crippen molar-refractivity contribution in [1.82, 2.24) is 4.90 Å². The Hall–Kier alpha value is -1.35. The zero-order chi connectivity index (χ0) is 13.7. The maximum Gasteiger partial charge on any atom is 0.224 e. The quantitative estimate of drug-likeness (QED) is 0.854. The van der Waals surface area contributed by atoms with Gasteiger partial charge in [-0.2, -0.15) is 0 Å². The first-order valence-corrected chi connectivity index (χ1v) is 7.22. The number of hydrogen-bond donors (Lipinski definition) is 1. The van der Waals surface area contributed by atoms with Crippen molar-refractivity contribution in [1.29, 1.82) is 0 Å². The van der Waals surface area contributed by atoms with E-state index in [0.717, 1.165) is 6.54 Å². The standard InChI is InChI=1S/C16H24N2O/c1-13(17)10-16(19)18(12-15-8-5-9-15)11-14-6-3-2-4-7-14/h2-4,6-7,13,15H,5,8-12,17H2,1H3. The fourth-order valence-corrected chi connectivity index (χ4v) is 2.45. The Bertz CT molecular complexity index is 398. The van der Waals surface area contributed by atoms with Gasteiger partial charge in [0.1, 0.15) is 0 Å². The van der Waals surface area contributed by atoms with Crippen molar-refractivity contribution in [2.45, 2.75) is 45.2 Å². The normalized spacial score (nSPS) is 16.7. The van der Waals surface area contributed by atoms with Crippen molar-refractivity contribution in [3.63, 3.8) is 0 Å². The van der Waals surface area contributed by atoms with Crippen molar-refractivity contribution >= 4 is 5.91 Å². The molecule has 0 bridgehead atoms. The molecule has 1 aliphatic rings. The average Bonchev–Trinajstić information content (AvgIpc) is 2.32. The van der Waals surface area contributed by atoms with Crippen LogP contribution in [0.4, 0.5) is 0 Å². The molecule has 1 fully saturated rings. The highest BCUT2D eigenvalue weighted by molar-refractivity contribution is 5.76. The van der Waals surface area contributed by atoms with Crippen LogP contribution in [0.3, 0.4) is 0 Å². The lowest BCUT2D eigenvalue weighted by atomic mass is 9.85. The lowest BCUT2D eigenvalue weighted by molar-refractivity contribution is -0.133. The average molecular weight is 260 g/mol. The van der Waals surface area contributed by atoms with Crippen LogP contribution in [-0.4, -0.2) is 23.4 Å². The number of carbonyl (C=O) groups is 1. The molecule has 1 aromatic rings. The third-order valence-corrected chi connectivity index (χ3v) is 3.77. The van der Waals surface area contributed by atoms with Crippen LogP contribution in [0.25, 0.3) is 0 Å². The highest BCUT2D eigenvalue weighted by Gasteiger charge is 2.24. The summed E-state index contributed by atoms with van der Waals surface area (Å²) < 4.78 is 0. The topological polar surface area (TPSA) is 46.3 Å². The van der Waals surface area contributed by atoms with E-state index in [0.29, 0.717) is 18.9 Å². The van der Waals surface area contributed by atoms with E-state index in [2.05, 4.69) is 12.1 Å². The number of benzene rings is 1. The van der Waals surface area contributed by atoms with Gasteiger partial charge in [-0.25, -0.2) is 0 Å². The fourth-order valence-electron chi connectivity index (χ4n) is 2.45. The van der Waals surface area contributed by atoms with Gasteiger partial charge in [-0.3, -0.25) is 4.79 Å². The highest BCUT2D eigenvalue weighted by Crippen LogP contribution is 2.27. The molecule has 0 aliphatic heterocycles. The van der Waals surface area contributed by atoms with E-state index in [9.17, 15) is 4.79 Å². The number of carbonyl (C=O) groups excluding carboxylic acids is 1. The SMILES string of the molecule is CC(N)CC(=O)N(Cc1ccccc1)CC1CCC1. The summed E-state index contributed by atoms with van der Waals surface area (Å²) in [5.41, 5.74) is 6.95. The molecule has 1 saturated carbocycles. The number of hydrogen-bond acceptors (Lipinski definition) is 2. The van der Waals surface area contributed by atoms with Gasteiger partial charge in [0.05, 0.1) is 0 Å². The van der Waals surface area contributed by atoms with E-state index >= 15 is 0 Å². The van der Waals surface area contributed by atoms with E-state index in [1.54, 1.807) is 0 Å². The first-order chi connectivity index (χ1) is 9.15. The predicted octanol–water partition coefficient (Wildman–Crippen LogP) is 2.55. The Morgan fingerprint density at radius 2 is 2.05 bits per heavy atom. The van der Waals surface area contributed by atoms with Crippen LogP contribution in [-0.2, 0) is 11.3 Å². The number of nitrogens with two attached hydrogens (primary N) is 1. The summed E-state index contributed by atoms with van der Waals surface area (Å²) in [6, 6.07) is 10.1. The van der Waals surface area contributed by atoms with E-state index in [1.807, 2.05) is 30.0 Å². The molecule has 1 unspecified atom stereocenters. The lowest BCUT2D eigenvalue weighted by Gasteiger charge is -2.33. The second-order valence-corrected chi connectivity index (χ2v) is 5.74. The molecule has 1 aliphatic carbocycles.